The van der Waals surface area contributed by atoms with Crippen molar-refractivity contribution in [1.82, 2.24) is 0 Å². The van der Waals surface area contributed by atoms with Crippen LogP contribution in [0, 0.1) is 6.92 Å². The summed E-state index contributed by atoms with van der Waals surface area (Å²) in [5.41, 5.74) is 9.45. The van der Waals surface area contributed by atoms with Gasteiger partial charge in [0.2, 0.25) is 0 Å². The molecule has 0 aromatic heterocycles. The van der Waals surface area contributed by atoms with Crippen LogP contribution in [0.25, 0.3) is 0 Å². The second kappa shape index (κ2) is 6.31. The first-order chi connectivity index (χ1) is 9.90. The summed E-state index contributed by atoms with van der Waals surface area (Å²) in [5, 5.41) is 0. The SMILES string of the molecule is Cc1cc(C(C)(C)C)ccc1Oc1ccc(CCN)cc1. The summed E-state index contributed by atoms with van der Waals surface area (Å²) in [4.78, 5) is 0. The maximum absolute atomic E-state index is 5.98. The van der Waals surface area contributed by atoms with Gasteiger partial charge in [0.15, 0.2) is 0 Å². The van der Waals surface area contributed by atoms with Crippen molar-refractivity contribution in [2.75, 3.05) is 6.54 Å². The highest BCUT2D eigenvalue weighted by molar-refractivity contribution is 5.41. The zero-order chi connectivity index (χ0) is 15.5. The maximum atomic E-state index is 5.98. The Hall–Kier alpha value is -1.80. The number of rotatable bonds is 4. The lowest BCUT2D eigenvalue weighted by Crippen LogP contribution is -2.11. The van der Waals surface area contributed by atoms with E-state index in [0.717, 1.165) is 23.5 Å². The van der Waals surface area contributed by atoms with Crippen LogP contribution in [0.4, 0.5) is 0 Å². The normalized spacial score (nSPS) is 11.5. The molecule has 0 radical (unpaired) electrons. The van der Waals surface area contributed by atoms with Crippen LogP contribution in [0.5, 0.6) is 11.5 Å². The van der Waals surface area contributed by atoms with E-state index in [2.05, 4.69) is 58.0 Å². The van der Waals surface area contributed by atoms with E-state index in [4.69, 9.17) is 10.5 Å². The molecule has 0 bridgehead atoms. The molecular weight excluding hydrogens is 258 g/mol. The van der Waals surface area contributed by atoms with E-state index in [1.54, 1.807) is 0 Å². The Morgan fingerprint density at radius 1 is 1.00 bits per heavy atom. The van der Waals surface area contributed by atoms with Crippen LogP contribution in [0.15, 0.2) is 42.5 Å². The molecule has 2 rings (SSSR count). The van der Waals surface area contributed by atoms with Gasteiger partial charge in [0.1, 0.15) is 11.5 Å². The predicted molar refractivity (Wildman–Crippen MR) is 89.2 cm³/mol. The minimum atomic E-state index is 0.160. The van der Waals surface area contributed by atoms with Crippen LogP contribution in [0.1, 0.15) is 37.5 Å². The van der Waals surface area contributed by atoms with Gasteiger partial charge < -0.3 is 10.5 Å². The lowest BCUT2D eigenvalue weighted by molar-refractivity contribution is 0.477. The fourth-order valence-corrected chi connectivity index (χ4v) is 2.25. The van der Waals surface area contributed by atoms with Gasteiger partial charge >= 0.3 is 0 Å². The highest BCUT2D eigenvalue weighted by Crippen LogP contribution is 2.30. The molecule has 0 saturated heterocycles. The van der Waals surface area contributed by atoms with Crippen molar-refractivity contribution < 1.29 is 4.74 Å². The summed E-state index contributed by atoms with van der Waals surface area (Å²) >= 11 is 0. The van der Waals surface area contributed by atoms with E-state index < -0.39 is 0 Å². The molecule has 0 aliphatic heterocycles. The lowest BCUT2D eigenvalue weighted by atomic mass is 9.86. The fourth-order valence-electron chi connectivity index (χ4n) is 2.25. The molecule has 2 N–H and O–H groups in total. The molecule has 0 spiro atoms. The smallest absolute Gasteiger partial charge is 0.130 e. The van der Waals surface area contributed by atoms with Crippen molar-refractivity contribution in [2.45, 2.75) is 39.5 Å². The van der Waals surface area contributed by atoms with E-state index in [0.29, 0.717) is 6.54 Å². The van der Waals surface area contributed by atoms with Crippen LogP contribution < -0.4 is 10.5 Å². The van der Waals surface area contributed by atoms with Crippen LogP contribution in [0.2, 0.25) is 0 Å². The molecule has 0 fully saturated rings. The molecule has 0 saturated carbocycles. The van der Waals surface area contributed by atoms with Crippen LogP contribution in [0.3, 0.4) is 0 Å². The summed E-state index contributed by atoms with van der Waals surface area (Å²) in [7, 11) is 0. The average Bonchev–Trinajstić information content (AvgIpc) is 2.42. The molecule has 21 heavy (non-hydrogen) atoms. The second-order valence-corrected chi connectivity index (χ2v) is 6.51. The van der Waals surface area contributed by atoms with Gasteiger partial charge in [0.05, 0.1) is 0 Å². The maximum Gasteiger partial charge on any atom is 0.130 e. The molecule has 2 aromatic rings. The van der Waals surface area contributed by atoms with Gasteiger partial charge in [0.25, 0.3) is 0 Å². The number of hydrogen-bond acceptors (Lipinski definition) is 2. The van der Waals surface area contributed by atoms with Gasteiger partial charge in [-0.25, -0.2) is 0 Å². The third-order valence-electron chi connectivity index (χ3n) is 3.63. The molecule has 0 unspecified atom stereocenters. The molecule has 0 atom stereocenters. The number of nitrogens with two attached hydrogens (primary N) is 1. The van der Waals surface area contributed by atoms with Crippen LogP contribution >= 0.6 is 0 Å². The summed E-state index contributed by atoms with van der Waals surface area (Å²) in [6, 6.07) is 14.6. The molecule has 2 nitrogen and oxygen atoms in total. The number of ether oxygens (including phenoxy) is 1. The Morgan fingerprint density at radius 3 is 2.19 bits per heavy atom. The van der Waals surface area contributed by atoms with Crippen LogP contribution in [-0.2, 0) is 11.8 Å². The number of benzene rings is 2. The molecule has 0 aliphatic carbocycles. The van der Waals surface area contributed by atoms with E-state index in [1.165, 1.54) is 11.1 Å². The first kappa shape index (κ1) is 15.6. The van der Waals surface area contributed by atoms with Crippen molar-refractivity contribution in [3.05, 3.63) is 59.2 Å². The Balaban J connectivity index is 2.16. The van der Waals surface area contributed by atoms with Crippen LogP contribution in [-0.4, -0.2) is 6.54 Å². The Bertz CT molecular complexity index is 594. The van der Waals surface area contributed by atoms with Crippen molar-refractivity contribution in [3.63, 3.8) is 0 Å². The van der Waals surface area contributed by atoms with Crippen molar-refractivity contribution in [3.8, 4) is 11.5 Å². The number of aryl methyl sites for hydroxylation is 1. The first-order valence-electron chi connectivity index (χ1n) is 7.48. The molecule has 0 heterocycles. The zero-order valence-electron chi connectivity index (χ0n) is 13.4. The zero-order valence-corrected chi connectivity index (χ0v) is 13.4. The van der Waals surface area contributed by atoms with E-state index in [9.17, 15) is 0 Å². The van der Waals surface area contributed by atoms with Gasteiger partial charge in [-0.3, -0.25) is 0 Å². The minimum absolute atomic E-state index is 0.160. The Kier molecular flexibility index (Phi) is 4.69. The highest BCUT2D eigenvalue weighted by atomic mass is 16.5. The first-order valence-corrected chi connectivity index (χ1v) is 7.48. The van der Waals surface area contributed by atoms with Crippen molar-refractivity contribution in [2.24, 2.45) is 5.73 Å². The summed E-state index contributed by atoms with van der Waals surface area (Å²) in [6.45, 7) is 9.43. The highest BCUT2D eigenvalue weighted by Gasteiger charge is 2.14. The van der Waals surface area contributed by atoms with Gasteiger partial charge in [-0.05, 0) is 60.2 Å². The third-order valence-corrected chi connectivity index (χ3v) is 3.63. The molecule has 2 aromatic carbocycles. The predicted octanol–water partition coefficient (Wildman–Crippen LogP) is 4.59. The second-order valence-electron chi connectivity index (χ2n) is 6.51. The van der Waals surface area contributed by atoms with E-state index in [-0.39, 0.29) is 5.41 Å². The van der Waals surface area contributed by atoms with Gasteiger partial charge in [-0.2, -0.15) is 0 Å². The van der Waals surface area contributed by atoms with Gasteiger partial charge in [0, 0.05) is 0 Å². The summed E-state index contributed by atoms with van der Waals surface area (Å²) in [5.74, 6) is 1.77. The van der Waals surface area contributed by atoms with Crippen molar-refractivity contribution >= 4 is 0 Å². The summed E-state index contributed by atoms with van der Waals surface area (Å²) in [6.07, 6.45) is 0.902. The van der Waals surface area contributed by atoms with Gasteiger partial charge in [-0.1, -0.05) is 45.0 Å². The molecule has 0 amide bonds. The average molecular weight is 283 g/mol. The molecule has 0 aliphatic rings. The van der Waals surface area contributed by atoms with Gasteiger partial charge in [-0.15, -0.1) is 0 Å². The monoisotopic (exact) mass is 283 g/mol. The molecule has 2 heteroatoms. The topological polar surface area (TPSA) is 35.2 Å². The lowest BCUT2D eigenvalue weighted by Gasteiger charge is -2.20. The van der Waals surface area contributed by atoms with E-state index >= 15 is 0 Å². The standard InChI is InChI=1S/C19H25NO/c1-14-13-16(19(2,3)4)7-10-18(14)21-17-8-5-15(6-9-17)11-12-20/h5-10,13H,11-12,20H2,1-4H3. The van der Waals surface area contributed by atoms with Crippen molar-refractivity contribution in [1.29, 1.82) is 0 Å². The quantitative estimate of drug-likeness (QED) is 0.891. The largest absolute Gasteiger partial charge is 0.457 e. The van der Waals surface area contributed by atoms with E-state index in [1.807, 2.05) is 12.1 Å². The fraction of sp³-hybridized carbons (Fsp3) is 0.368. The summed E-state index contributed by atoms with van der Waals surface area (Å²) < 4.78 is 5.98. The molecular formula is C19H25NO. The number of hydrogen-bond donors (Lipinski definition) is 1. The minimum Gasteiger partial charge on any atom is -0.457 e. The third kappa shape index (κ3) is 4.08. The Labute approximate surface area is 127 Å². The molecule has 112 valence electrons. The Morgan fingerprint density at radius 2 is 1.67 bits per heavy atom.